The van der Waals surface area contributed by atoms with Crippen LogP contribution in [0.1, 0.15) is 109 Å². The van der Waals surface area contributed by atoms with Crippen molar-refractivity contribution in [2.45, 2.75) is 108 Å². The van der Waals surface area contributed by atoms with Crippen LogP contribution in [0.5, 0.6) is 17.2 Å². The number of Topliss-reactive ketones (excluding diaryl/α,β-unsaturated/α-hetero) is 1. The number of carbonyl (C=O) groups is 4. The summed E-state index contributed by atoms with van der Waals surface area (Å²) in [5.74, 6) is -0.375. The number of nitrogens with zero attached hydrogens (tertiary/aromatic N) is 5. The van der Waals surface area contributed by atoms with Crippen LogP contribution in [0.4, 0.5) is 0 Å². The highest BCUT2D eigenvalue weighted by Gasteiger charge is 2.44. The summed E-state index contributed by atoms with van der Waals surface area (Å²) in [6.45, 7) is 10.9. The SMILES string of the molecule is CCCOc1cccc(Oc2cc3c(cc2CS(=O)(=O)c2cccc(C(=O)N4CCC(c5ccc(C(=O)N[C@H](C(=O)N6C[C@H](O)C[C@H]6C(=O)CCc6ccc(-c7scnc7C)cc6)C(C)(C)C)cc5)CC4)c2)n(C)c(=O)n3C)c1. The number of aromatic nitrogens is 3. The number of ether oxygens (including phenoxy) is 2. The van der Waals surface area contributed by atoms with Gasteiger partial charge in [0.25, 0.3) is 11.8 Å². The number of thiazole rings is 1. The average molecular weight is 1110 g/mol. The molecule has 9 rings (SSSR count). The largest absolute Gasteiger partial charge is 0.493 e. The predicted octanol–water partition coefficient (Wildman–Crippen LogP) is 9.19. The van der Waals surface area contributed by atoms with Gasteiger partial charge in [-0.25, -0.2) is 18.2 Å². The van der Waals surface area contributed by atoms with Crippen LogP contribution in [-0.4, -0.2) is 105 Å². The van der Waals surface area contributed by atoms with E-state index in [9.17, 15) is 37.5 Å². The lowest BCUT2D eigenvalue weighted by molar-refractivity contribution is -0.141. The summed E-state index contributed by atoms with van der Waals surface area (Å²) < 4.78 is 43.6. The van der Waals surface area contributed by atoms with Gasteiger partial charge in [0.2, 0.25) is 5.91 Å². The Morgan fingerprint density at radius 3 is 2.22 bits per heavy atom. The minimum absolute atomic E-state index is 0.00374. The third kappa shape index (κ3) is 12.6. The Balaban J connectivity index is 0.812. The molecule has 2 fully saturated rings. The first-order valence-corrected chi connectivity index (χ1v) is 29.3. The molecule has 0 unspecified atom stereocenters. The molecule has 2 saturated heterocycles. The number of piperidine rings is 1. The molecule has 16 nitrogen and oxygen atoms in total. The van der Waals surface area contributed by atoms with Gasteiger partial charge in [-0.15, -0.1) is 11.3 Å². The van der Waals surface area contributed by atoms with Gasteiger partial charge in [0.15, 0.2) is 15.6 Å². The molecule has 2 N–H and O–H groups in total. The van der Waals surface area contributed by atoms with Crippen molar-refractivity contribution >= 4 is 55.7 Å². The molecule has 2 aliphatic heterocycles. The number of nitrogens with one attached hydrogen (secondary N) is 1. The number of aliphatic hydroxyl groups is 1. The summed E-state index contributed by atoms with van der Waals surface area (Å²) in [4.78, 5) is 77.5. The van der Waals surface area contributed by atoms with Crippen LogP contribution in [0, 0.1) is 12.3 Å². The van der Waals surface area contributed by atoms with E-state index in [0.29, 0.717) is 72.6 Å². The topological polar surface area (TPSA) is 199 Å². The molecule has 18 heteroatoms. The van der Waals surface area contributed by atoms with E-state index in [1.807, 2.05) is 82.6 Å². The molecular weight excluding hydrogens is 1040 g/mol. The number of carbonyl (C=O) groups excluding carboxylic acids is 4. The Morgan fingerprint density at radius 2 is 1.54 bits per heavy atom. The highest BCUT2D eigenvalue weighted by atomic mass is 32.2. The molecule has 414 valence electrons. The van der Waals surface area contributed by atoms with Crippen LogP contribution in [0.2, 0.25) is 0 Å². The third-order valence-electron chi connectivity index (χ3n) is 15.1. The van der Waals surface area contributed by atoms with Gasteiger partial charge in [0.05, 0.1) is 56.5 Å². The predicted molar refractivity (Wildman–Crippen MR) is 305 cm³/mol. The second-order valence-electron chi connectivity index (χ2n) is 21.8. The van der Waals surface area contributed by atoms with E-state index in [1.54, 1.807) is 84.9 Å². The van der Waals surface area contributed by atoms with Crippen LogP contribution in [0.15, 0.2) is 124 Å². The van der Waals surface area contributed by atoms with E-state index in [2.05, 4.69) is 10.3 Å². The van der Waals surface area contributed by atoms with Crippen molar-refractivity contribution in [3.8, 4) is 27.7 Å². The minimum atomic E-state index is -4.06. The number of amides is 3. The first kappa shape index (κ1) is 56.3. The molecule has 2 aromatic heterocycles. The summed E-state index contributed by atoms with van der Waals surface area (Å²) in [7, 11) is -0.791. The maximum Gasteiger partial charge on any atom is 0.328 e. The molecular formula is C61H68N6O10S2. The Labute approximate surface area is 464 Å². The fourth-order valence-electron chi connectivity index (χ4n) is 10.6. The Hall–Kier alpha value is -7.41. The molecule has 0 saturated carbocycles. The van der Waals surface area contributed by atoms with E-state index >= 15 is 0 Å². The van der Waals surface area contributed by atoms with Gasteiger partial charge in [0, 0.05) is 75.4 Å². The standard InChI is InChI=1S/C61H68N6O10S2/c1-8-29-76-47-12-10-13-48(33-47)77-54-34-51-50(64(6)60(73)65(51)7)31-45(54)36-79(74,75)49-14-9-11-44(30-49)58(71)66-27-25-41(26-28-66)40-20-22-43(23-21-40)57(70)63-56(61(3,4)5)59(72)67-35-46(68)32-52(67)53(69)24-17-39-15-18-42(19-16-39)55-38(2)62-37-78-55/h9-16,18-23,30-31,33-34,37,41,46,52,56,68H,8,17,24-29,32,35-36H2,1-7H3,(H,63,70)/t46-,52+,56-/m1/s1. The smallest absolute Gasteiger partial charge is 0.328 e. The molecule has 79 heavy (non-hydrogen) atoms. The highest BCUT2D eigenvalue weighted by molar-refractivity contribution is 7.90. The number of rotatable bonds is 18. The number of hydrogen-bond acceptors (Lipinski definition) is 12. The van der Waals surface area contributed by atoms with Gasteiger partial charge in [0.1, 0.15) is 23.3 Å². The van der Waals surface area contributed by atoms with Gasteiger partial charge >= 0.3 is 5.69 Å². The Kier molecular flexibility index (Phi) is 16.8. The molecule has 2 aliphatic rings. The number of sulfone groups is 1. The highest BCUT2D eigenvalue weighted by Crippen LogP contribution is 2.36. The van der Waals surface area contributed by atoms with Crippen LogP contribution in [0.25, 0.3) is 21.5 Å². The molecule has 0 aliphatic carbocycles. The zero-order valence-corrected chi connectivity index (χ0v) is 47.4. The third-order valence-corrected chi connectivity index (χ3v) is 17.8. The second kappa shape index (κ2) is 23.5. The van der Waals surface area contributed by atoms with Gasteiger partial charge in [-0.1, -0.05) is 76.2 Å². The van der Waals surface area contributed by atoms with Crippen molar-refractivity contribution in [2.24, 2.45) is 19.5 Å². The first-order valence-electron chi connectivity index (χ1n) is 26.8. The lowest BCUT2D eigenvalue weighted by Crippen LogP contribution is -2.56. The average Bonchev–Trinajstić information content (AvgIpc) is 4.35. The van der Waals surface area contributed by atoms with Crippen molar-refractivity contribution in [1.82, 2.24) is 29.2 Å². The Morgan fingerprint density at radius 1 is 0.861 bits per heavy atom. The monoisotopic (exact) mass is 1110 g/mol. The van der Waals surface area contributed by atoms with Crippen LogP contribution in [0.3, 0.4) is 0 Å². The van der Waals surface area contributed by atoms with E-state index in [4.69, 9.17) is 9.47 Å². The van der Waals surface area contributed by atoms with Gasteiger partial charge in [-0.05, 0) is 109 Å². The quantitative estimate of drug-likeness (QED) is 0.0831. The van der Waals surface area contributed by atoms with Crippen molar-refractivity contribution < 1.29 is 42.2 Å². The van der Waals surface area contributed by atoms with Crippen molar-refractivity contribution in [3.63, 3.8) is 0 Å². The number of aliphatic hydroxyl groups excluding tert-OH is 1. The van der Waals surface area contributed by atoms with Crippen LogP contribution in [-0.2, 0) is 45.7 Å². The van der Waals surface area contributed by atoms with E-state index < -0.39 is 51.0 Å². The summed E-state index contributed by atoms with van der Waals surface area (Å²) in [6.07, 6.45) is 2.04. The minimum Gasteiger partial charge on any atom is -0.493 e. The van der Waals surface area contributed by atoms with Gasteiger partial charge in [-0.3, -0.25) is 28.3 Å². The van der Waals surface area contributed by atoms with Crippen LogP contribution < -0.4 is 20.5 Å². The van der Waals surface area contributed by atoms with Gasteiger partial charge in [-0.2, -0.15) is 0 Å². The van der Waals surface area contributed by atoms with E-state index in [0.717, 1.165) is 33.7 Å². The summed E-state index contributed by atoms with van der Waals surface area (Å²) in [5, 5.41) is 13.7. The molecule has 0 spiro atoms. The molecule has 4 heterocycles. The van der Waals surface area contributed by atoms with Crippen molar-refractivity contribution in [2.75, 3.05) is 26.2 Å². The summed E-state index contributed by atoms with van der Waals surface area (Å²) >= 11 is 1.58. The first-order chi connectivity index (χ1) is 37.7. The summed E-state index contributed by atoms with van der Waals surface area (Å²) in [5.41, 5.74) is 6.86. The number of benzene rings is 5. The molecule has 3 amide bonds. The molecule has 7 aromatic rings. The number of ketones is 1. The van der Waals surface area contributed by atoms with Crippen molar-refractivity contribution in [3.05, 3.63) is 159 Å². The summed E-state index contributed by atoms with van der Waals surface area (Å²) in [6, 6.07) is 30.0. The lowest BCUT2D eigenvalue weighted by Gasteiger charge is -2.35. The normalized spacial score (nSPS) is 16.5. The fraction of sp³-hybridized carbons (Fsp3) is 0.377. The van der Waals surface area contributed by atoms with E-state index in [1.165, 1.54) is 26.2 Å². The lowest BCUT2D eigenvalue weighted by atomic mass is 9.85. The number of β-amino-alcohol motifs (C(OH)–C–C–N with tert-alkyl or cyclic N) is 1. The zero-order chi connectivity index (χ0) is 56.3. The zero-order valence-electron chi connectivity index (χ0n) is 45.7. The molecule has 0 radical (unpaired) electrons. The van der Waals surface area contributed by atoms with Crippen molar-refractivity contribution in [1.29, 1.82) is 0 Å². The molecule has 0 bridgehead atoms. The molecule has 3 atom stereocenters. The number of fused-ring (bicyclic) bond motifs is 1. The van der Waals surface area contributed by atoms with Crippen LogP contribution >= 0.6 is 11.3 Å². The maximum atomic E-state index is 14.3. The molecule has 5 aromatic carbocycles. The maximum absolute atomic E-state index is 14.3. The number of aryl methyl sites for hydroxylation is 4. The number of likely N-dealkylation sites (tertiary alicyclic amines) is 2. The second-order valence-corrected chi connectivity index (χ2v) is 24.7. The number of hydrogen-bond donors (Lipinski definition) is 2. The number of imidazole rings is 1. The van der Waals surface area contributed by atoms with E-state index in [-0.39, 0.29) is 58.9 Å². The Bertz CT molecular complexity index is 3570. The van der Waals surface area contributed by atoms with Gasteiger partial charge < -0.3 is 29.7 Å². The fourth-order valence-corrected chi connectivity index (χ4v) is 12.8.